The SMILES string of the molecule is CCOc1ccc(CC[C@H](NC(=O)OCC2c3ccccc3-c3ccccc32)C(=O)O)cc1. The van der Waals surface area contributed by atoms with Crippen LogP contribution in [-0.2, 0) is 16.0 Å². The molecule has 0 aromatic heterocycles. The Morgan fingerprint density at radius 2 is 1.55 bits per heavy atom. The lowest BCUT2D eigenvalue weighted by molar-refractivity contribution is -0.139. The number of amides is 1. The molecule has 0 saturated carbocycles. The molecule has 4 rings (SSSR count). The zero-order valence-corrected chi connectivity index (χ0v) is 18.5. The molecule has 0 heterocycles. The number of carbonyl (C=O) groups excluding carboxylic acids is 1. The van der Waals surface area contributed by atoms with Crippen LogP contribution < -0.4 is 10.1 Å². The number of aliphatic carboxylic acids is 1. The average Bonchev–Trinajstić information content (AvgIpc) is 3.15. The van der Waals surface area contributed by atoms with Crippen molar-refractivity contribution in [3.63, 3.8) is 0 Å². The number of aryl methyl sites for hydroxylation is 1. The maximum absolute atomic E-state index is 12.5. The molecule has 1 amide bonds. The predicted molar refractivity (Wildman–Crippen MR) is 126 cm³/mol. The Morgan fingerprint density at radius 1 is 0.939 bits per heavy atom. The van der Waals surface area contributed by atoms with Crippen LogP contribution in [0.15, 0.2) is 72.8 Å². The van der Waals surface area contributed by atoms with Gasteiger partial charge in [0.05, 0.1) is 6.61 Å². The zero-order valence-electron chi connectivity index (χ0n) is 18.5. The molecule has 0 fully saturated rings. The van der Waals surface area contributed by atoms with Crippen LogP contribution in [0.5, 0.6) is 5.75 Å². The lowest BCUT2D eigenvalue weighted by atomic mass is 9.98. The van der Waals surface area contributed by atoms with Crippen LogP contribution in [0.25, 0.3) is 11.1 Å². The molecule has 0 bridgehead atoms. The Balaban J connectivity index is 1.34. The predicted octanol–water partition coefficient (Wildman–Crippen LogP) is 5.01. The van der Waals surface area contributed by atoms with Crippen LogP contribution in [0.3, 0.4) is 0 Å². The van der Waals surface area contributed by atoms with Gasteiger partial charge in [0, 0.05) is 5.92 Å². The Hall–Kier alpha value is -3.80. The fraction of sp³-hybridized carbons (Fsp3) is 0.259. The van der Waals surface area contributed by atoms with E-state index in [4.69, 9.17) is 9.47 Å². The van der Waals surface area contributed by atoms with Gasteiger partial charge in [0.25, 0.3) is 0 Å². The molecule has 0 spiro atoms. The lowest BCUT2D eigenvalue weighted by Crippen LogP contribution is -2.41. The van der Waals surface area contributed by atoms with Gasteiger partial charge in [0.15, 0.2) is 0 Å². The summed E-state index contributed by atoms with van der Waals surface area (Å²) in [5.41, 5.74) is 5.47. The van der Waals surface area contributed by atoms with E-state index in [1.165, 1.54) is 0 Å². The Bertz CT molecular complexity index is 1080. The van der Waals surface area contributed by atoms with Crippen molar-refractivity contribution < 1.29 is 24.2 Å². The zero-order chi connectivity index (χ0) is 23.2. The van der Waals surface area contributed by atoms with E-state index in [1.807, 2.05) is 67.6 Å². The summed E-state index contributed by atoms with van der Waals surface area (Å²) >= 11 is 0. The van der Waals surface area contributed by atoms with Crippen molar-refractivity contribution in [1.82, 2.24) is 5.32 Å². The highest BCUT2D eigenvalue weighted by atomic mass is 16.5. The molecule has 6 heteroatoms. The summed E-state index contributed by atoms with van der Waals surface area (Å²) in [5.74, 6) is -0.391. The standard InChI is InChI=1S/C27H27NO5/c1-2-32-19-14-11-18(12-15-19)13-16-25(26(29)30)28-27(31)33-17-24-22-9-5-3-7-20(22)21-8-4-6-10-23(21)24/h3-12,14-15,24-25H,2,13,16-17H2,1H3,(H,28,31)(H,29,30)/t25-/m0/s1. The van der Waals surface area contributed by atoms with Gasteiger partial charge in [-0.2, -0.15) is 0 Å². The van der Waals surface area contributed by atoms with Crippen LogP contribution in [0.4, 0.5) is 4.79 Å². The minimum atomic E-state index is -1.09. The second-order valence-electron chi connectivity index (χ2n) is 7.98. The highest BCUT2D eigenvalue weighted by molar-refractivity contribution is 5.81. The lowest BCUT2D eigenvalue weighted by Gasteiger charge is -2.17. The number of ether oxygens (including phenoxy) is 2. The molecule has 1 atom stereocenters. The number of benzene rings is 3. The highest BCUT2D eigenvalue weighted by Crippen LogP contribution is 2.44. The van der Waals surface area contributed by atoms with Gasteiger partial charge in [0.1, 0.15) is 18.4 Å². The van der Waals surface area contributed by atoms with Crippen molar-refractivity contribution in [2.24, 2.45) is 0 Å². The molecule has 0 saturated heterocycles. The molecule has 0 radical (unpaired) electrons. The fourth-order valence-corrected chi connectivity index (χ4v) is 4.27. The molecule has 1 aliphatic carbocycles. The van der Waals surface area contributed by atoms with Gasteiger partial charge in [0.2, 0.25) is 0 Å². The van der Waals surface area contributed by atoms with Crippen LogP contribution >= 0.6 is 0 Å². The third-order valence-electron chi connectivity index (χ3n) is 5.89. The summed E-state index contributed by atoms with van der Waals surface area (Å²) in [6.07, 6.45) is 0.0385. The Labute approximate surface area is 193 Å². The second-order valence-corrected chi connectivity index (χ2v) is 7.98. The molecule has 33 heavy (non-hydrogen) atoms. The number of carbonyl (C=O) groups is 2. The van der Waals surface area contributed by atoms with E-state index in [9.17, 15) is 14.7 Å². The Kier molecular flexibility index (Phi) is 6.93. The molecule has 3 aromatic rings. The molecule has 1 aliphatic rings. The van der Waals surface area contributed by atoms with E-state index >= 15 is 0 Å². The first-order chi connectivity index (χ1) is 16.1. The molecule has 2 N–H and O–H groups in total. The average molecular weight is 446 g/mol. The largest absolute Gasteiger partial charge is 0.494 e. The van der Waals surface area contributed by atoms with Gasteiger partial charge < -0.3 is 19.9 Å². The van der Waals surface area contributed by atoms with Crippen molar-refractivity contribution in [1.29, 1.82) is 0 Å². The summed E-state index contributed by atoms with van der Waals surface area (Å²) in [4.78, 5) is 24.1. The van der Waals surface area contributed by atoms with Crippen molar-refractivity contribution in [3.05, 3.63) is 89.5 Å². The molecule has 3 aromatic carbocycles. The van der Waals surface area contributed by atoms with E-state index in [0.717, 1.165) is 33.6 Å². The van der Waals surface area contributed by atoms with Crippen LogP contribution in [0, 0.1) is 0 Å². The number of hydrogen-bond acceptors (Lipinski definition) is 4. The van der Waals surface area contributed by atoms with Gasteiger partial charge in [-0.25, -0.2) is 9.59 Å². The van der Waals surface area contributed by atoms with Crippen LogP contribution in [0.1, 0.15) is 36.0 Å². The van der Waals surface area contributed by atoms with E-state index in [0.29, 0.717) is 13.0 Å². The topological polar surface area (TPSA) is 84.9 Å². The van der Waals surface area contributed by atoms with E-state index in [2.05, 4.69) is 17.4 Å². The van der Waals surface area contributed by atoms with Crippen molar-refractivity contribution in [2.75, 3.05) is 13.2 Å². The maximum Gasteiger partial charge on any atom is 0.407 e. The van der Waals surface area contributed by atoms with Gasteiger partial charge in [-0.05, 0) is 59.7 Å². The van der Waals surface area contributed by atoms with Gasteiger partial charge in [-0.15, -0.1) is 0 Å². The minimum Gasteiger partial charge on any atom is -0.494 e. The molecule has 170 valence electrons. The first-order valence-corrected chi connectivity index (χ1v) is 11.1. The number of hydrogen-bond donors (Lipinski definition) is 2. The third-order valence-corrected chi connectivity index (χ3v) is 5.89. The fourth-order valence-electron chi connectivity index (χ4n) is 4.27. The normalized spacial score (nSPS) is 13.0. The monoisotopic (exact) mass is 445 g/mol. The summed E-state index contributed by atoms with van der Waals surface area (Å²) < 4.78 is 10.9. The summed E-state index contributed by atoms with van der Waals surface area (Å²) in [5, 5.41) is 12.1. The van der Waals surface area contributed by atoms with Crippen molar-refractivity contribution in [3.8, 4) is 16.9 Å². The van der Waals surface area contributed by atoms with E-state index in [-0.39, 0.29) is 18.9 Å². The van der Waals surface area contributed by atoms with Gasteiger partial charge in [-0.1, -0.05) is 60.7 Å². The maximum atomic E-state index is 12.5. The van der Waals surface area contributed by atoms with Gasteiger partial charge >= 0.3 is 12.1 Å². The number of alkyl carbamates (subject to hydrolysis) is 1. The quantitative estimate of drug-likeness (QED) is 0.484. The third kappa shape index (κ3) is 5.17. The first kappa shape index (κ1) is 22.4. The summed E-state index contributed by atoms with van der Waals surface area (Å²) in [7, 11) is 0. The smallest absolute Gasteiger partial charge is 0.407 e. The van der Waals surface area contributed by atoms with Crippen molar-refractivity contribution in [2.45, 2.75) is 31.7 Å². The summed E-state index contributed by atoms with van der Waals surface area (Å²) in [6.45, 7) is 2.65. The van der Waals surface area contributed by atoms with Crippen molar-refractivity contribution >= 4 is 12.1 Å². The molecule has 0 unspecified atom stereocenters. The van der Waals surface area contributed by atoms with Crippen LogP contribution in [-0.4, -0.2) is 36.4 Å². The number of carboxylic acid groups (broad SMARTS) is 1. The molecule has 6 nitrogen and oxygen atoms in total. The minimum absolute atomic E-state index is 0.0738. The van der Waals surface area contributed by atoms with E-state index < -0.39 is 18.1 Å². The first-order valence-electron chi connectivity index (χ1n) is 11.1. The number of rotatable bonds is 9. The number of nitrogens with one attached hydrogen (secondary N) is 1. The number of fused-ring (bicyclic) bond motifs is 3. The second kappa shape index (κ2) is 10.2. The molecule has 0 aliphatic heterocycles. The van der Waals surface area contributed by atoms with Crippen LogP contribution in [0.2, 0.25) is 0 Å². The molecular weight excluding hydrogens is 418 g/mol. The highest BCUT2D eigenvalue weighted by Gasteiger charge is 2.29. The Morgan fingerprint density at radius 3 is 2.12 bits per heavy atom. The summed E-state index contributed by atoms with van der Waals surface area (Å²) in [6, 6.07) is 22.6. The molecular formula is C27H27NO5. The number of carboxylic acids is 1. The van der Waals surface area contributed by atoms with Gasteiger partial charge in [-0.3, -0.25) is 0 Å². The van der Waals surface area contributed by atoms with E-state index in [1.54, 1.807) is 0 Å².